The number of rotatable bonds is 8. The van der Waals surface area contributed by atoms with E-state index in [1.807, 2.05) is 31.2 Å². The average molecular weight is 456 g/mol. The van der Waals surface area contributed by atoms with E-state index < -0.39 is 5.41 Å². The van der Waals surface area contributed by atoms with Crippen molar-refractivity contribution in [1.29, 1.82) is 0 Å². The van der Waals surface area contributed by atoms with Gasteiger partial charge < -0.3 is 9.32 Å². The molecule has 0 spiro atoms. The van der Waals surface area contributed by atoms with Crippen LogP contribution in [0, 0.1) is 19.3 Å². The summed E-state index contributed by atoms with van der Waals surface area (Å²) in [6.07, 6.45) is 10.0. The Bertz CT molecular complexity index is 1230. The number of hydrogen-bond acceptors (Lipinski definition) is 5. The van der Waals surface area contributed by atoms with Crippen LogP contribution in [0.1, 0.15) is 35.3 Å². The van der Waals surface area contributed by atoms with Crippen molar-refractivity contribution in [2.45, 2.75) is 38.3 Å². The molecular weight excluding hydrogens is 430 g/mol. The van der Waals surface area contributed by atoms with Crippen molar-refractivity contribution in [2.75, 3.05) is 6.54 Å². The van der Waals surface area contributed by atoms with Gasteiger partial charge in [0.05, 0.1) is 31.3 Å². The van der Waals surface area contributed by atoms with E-state index in [1.54, 1.807) is 36.7 Å². The summed E-state index contributed by atoms with van der Waals surface area (Å²) in [5.41, 5.74) is 1.01. The average Bonchev–Trinajstić information content (AvgIpc) is 3.42. The normalized spacial score (nSPS) is 17.6. The molecule has 3 aromatic rings. The molecule has 0 aliphatic carbocycles. The van der Waals surface area contributed by atoms with Gasteiger partial charge in [0.2, 0.25) is 17.7 Å². The van der Waals surface area contributed by atoms with Gasteiger partial charge in [0, 0.05) is 25.2 Å². The van der Waals surface area contributed by atoms with Crippen molar-refractivity contribution in [3.8, 4) is 12.3 Å². The number of aryl methyl sites for hydroxylation is 1. The molecule has 172 valence electrons. The number of aromatic nitrogens is 1. The predicted molar refractivity (Wildman–Crippen MR) is 125 cm³/mol. The molecule has 1 fully saturated rings. The third kappa shape index (κ3) is 4.48. The number of carbonyl (C=O) groups is 3. The van der Waals surface area contributed by atoms with Crippen LogP contribution in [0.5, 0.6) is 0 Å². The SMILES string of the molecule is C#CCN(Cc1ccco1)C(=O)CC1(c2ccccc2C)CC(=O)N(Cc2ccncc2)C1=O. The van der Waals surface area contributed by atoms with Crippen LogP contribution in [0.4, 0.5) is 0 Å². The standard InChI is InChI=1S/C27H25N3O4/c1-3-14-29(19-22-8-6-15-34-22)24(31)16-27(23-9-5-4-7-20(23)2)17-25(32)30(26(27)33)18-21-10-12-28-13-11-21/h1,4-13,15H,14,16-19H2,2H3. The van der Waals surface area contributed by atoms with Gasteiger partial charge in [-0.1, -0.05) is 30.2 Å². The molecule has 7 heteroatoms. The van der Waals surface area contributed by atoms with Crippen LogP contribution in [0.25, 0.3) is 0 Å². The Balaban J connectivity index is 1.69. The van der Waals surface area contributed by atoms with Crippen LogP contribution in [0.2, 0.25) is 0 Å². The highest BCUT2D eigenvalue weighted by molar-refractivity contribution is 6.10. The van der Waals surface area contributed by atoms with Gasteiger partial charge in [-0.3, -0.25) is 24.3 Å². The number of hydrogen-bond donors (Lipinski definition) is 0. The summed E-state index contributed by atoms with van der Waals surface area (Å²) < 4.78 is 5.38. The monoisotopic (exact) mass is 455 g/mol. The highest BCUT2D eigenvalue weighted by atomic mass is 16.3. The van der Waals surface area contributed by atoms with Gasteiger partial charge >= 0.3 is 0 Å². The van der Waals surface area contributed by atoms with Gasteiger partial charge in [0.25, 0.3) is 0 Å². The second-order valence-electron chi connectivity index (χ2n) is 8.42. The van der Waals surface area contributed by atoms with Crippen LogP contribution < -0.4 is 0 Å². The van der Waals surface area contributed by atoms with Gasteiger partial charge in [-0.05, 0) is 47.9 Å². The Morgan fingerprint density at radius 3 is 2.62 bits per heavy atom. The van der Waals surface area contributed by atoms with Crippen molar-refractivity contribution in [3.63, 3.8) is 0 Å². The topological polar surface area (TPSA) is 83.7 Å². The first-order valence-electron chi connectivity index (χ1n) is 11.0. The molecular formula is C27H25N3O4. The highest BCUT2D eigenvalue weighted by Gasteiger charge is 2.54. The molecule has 0 N–H and O–H groups in total. The van der Waals surface area contributed by atoms with E-state index in [-0.39, 0.29) is 50.2 Å². The molecule has 2 aromatic heterocycles. The molecule has 0 bridgehead atoms. The van der Waals surface area contributed by atoms with Crippen molar-refractivity contribution in [2.24, 2.45) is 0 Å². The molecule has 3 heterocycles. The third-order valence-corrected chi connectivity index (χ3v) is 6.17. The number of furan rings is 1. The summed E-state index contributed by atoms with van der Waals surface area (Å²) in [7, 11) is 0. The summed E-state index contributed by atoms with van der Waals surface area (Å²) in [6, 6.07) is 14.4. The summed E-state index contributed by atoms with van der Waals surface area (Å²) in [5.74, 6) is 2.08. The Hall–Kier alpha value is -4.18. The Kier molecular flexibility index (Phi) is 6.60. The summed E-state index contributed by atoms with van der Waals surface area (Å²) in [5, 5.41) is 0. The van der Waals surface area contributed by atoms with Gasteiger partial charge in [0.15, 0.2) is 0 Å². The molecule has 1 saturated heterocycles. The fourth-order valence-electron chi connectivity index (χ4n) is 4.49. The van der Waals surface area contributed by atoms with Gasteiger partial charge in [-0.2, -0.15) is 0 Å². The van der Waals surface area contributed by atoms with Crippen molar-refractivity contribution in [1.82, 2.24) is 14.8 Å². The predicted octanol–water partition coefficient (Wildman–Crippen LogP) is 3.23. The van der Waals surface area contributed by atoms with Crippen molar-refractivity contribution >= 4 is 17.7 Å². The number of imide groups is 1. The molecule has 1 unspecified atom stereocenters. The van der Waals surface area contributed by atoms with Crippen molar-refractivity contribution in [3.05, 3.63) is 89.6 Å². The Morgan fingerprint density at radius 1 is 1.18 bits per heavy atom. The first-order chi connectivity index (χ1) is 16.4. The number of nitrogens with zero attached hydrogens (tertiary/aromatic N) is 3. The van der Waals surface area contributed by atoms with Crippen LogP contribution in [0.15, 0.2) is 71.6 Å². The van der Waals surface area contributed by atoms with Gasteiger partial charge in [0.1, 0.15) is 5.76 Å². The summed E-state index contributed by atoms with van der Waals surface area (Å²) in [6.45, 7) is 2.25. The fraction of sp³-hybridized carbons (Fsp3) is 0.259. The maximum atomic E-state index is 13.9. The van der Waals surface area contributed by atoms with Crippen LogP contribution in [-0.4, -0.2) is 39.1 Å². The molecule has 1 atom stereocenters. The largest absolute Gasteiger partial charge is 0.467 e. The minimum absolute atomic E-state index is 0.0618. The van der Waals surface area contributed by atoms with E-state index in [2.05, 4.69) is 10.9 Å². The minimum Gasteiger partial charge on any atom is -0.467 e. The molecule has 4 rings (SSSR count). The summed E-state index contributed by atoms with van der Waals surface area (Å²) in [4.78, 5) is 47.3. The second-order valence-corrected chi connectivity index (χ2v) is 8.42. The lowest BCUT2D eigenvalue weighted by Gasteiger charge is -2.31. The second kappa shape index (κ2) is 9.75. The lowest BCUT2D eigenvalue weighted by atomic mass is 9.74. The van der Waals surface area contributed by atoms with Crippen LogP contribution >= 0.6 is 0 Å². The molecule has 1 aliphatic heterocycles. The highest BCUT2D eigenvalue weighted by Crippen LogP contribution is 2.42. The molecule has 1 aliphatic rings. The number of likely N-dealkylation sites (tertiary alicyclic amines) is 1. The number of carbonyl (C=O) groups excluding carboxylic acids is 3. The lowest BCUT2D eigenvalue weighted by molar-refractivity contribution is -0.143. The molecule has 3 amide bonds. The third-order valence-electron chi connectivity index (χ3n) is 6.17. The van der Waals surface area contributed by atoms with Crippen LogP contribution in [-0.2, 0) is 32.9 Å². The molecule has 34 heavy (non-hydrogen) atoms. The van der Waals surface area contributed by atoms with E-state index in [9.17, 15) is 14.4 Å². The molecule has 7 nitrogen and oxygen atoms in total. The van der Waals surface area contributed by atoms with E-state index >= 15 is 0 Å². The van der Waals surface area contributed by atoms with E-state index in [0.717, 1.165) is 11.1 Å². The number of amides is 3. The molecule has 1 aromatic carbocycles. The van der Waals surface area contributed by atoms with E-state index in [1.165, 1.54) is 16.1 Å². The van der Waals surface area contributed by atoms with E-state index in [4.69, 9.17) is 10.8 Å². The number of pyridine rings is 1. The molecule has 0 saturated carbocycles. The first-order valence-corrected chi connectivity index (χ1v) is 11.0. The zero-order valence-electron chi connectivity index (χ0n) is 18.9. The summed E-state index contributed by atoms with van der Waals surface area (Å²) >= 11 is 0. The molecule has 0 radical (unpaired) electrons. The van der Waals surface area contributed by atoms with Gasteiger partial charge in [-0.15, -0.1) is 6.42 Å². The quantitative estimate of drug-likeness (QED) is 0.385. The maximum absolute atomic E-state index is 13.9. The van der Waals surface area contributed by atoms with Crippen molar-refractivity contribution < 1.29 is 18.8 Å². The fourth-order valence-corrected chi connectivity index (χ4v) is 4.49. The van der Waals surface area contributed by atoms with E-state index in [0.29, 0.717) is 11.3 Å². The first kappa shape index (κ1) is 23.0. The minimum atomic E-state index is -1.30. The zero-order valence-corrected chi connectivity index (χ0v) is 18.9. The Labute approximate surface area is 198 Å². The van der Waals surface area contributed by atoms with Crippen LogP contribution in [0.3, 0.4) is 0 Å². The smallest absolute Gasteiger partial charge is 0.241 e. The lowest BCUT2D eigenvalue weighted by Crippen LogP contribution is -2.43. The zero-order chi connectivity index (χ0) is 24.1. The maximum Gasteiger partial charge on any atom is 0.241 e. The Morgan fingerprint density at radius 2 is 1.94 bits per heavy atom. The number of terminal acetylenes is 1. The van der Waals surface area contributed by atoms with Gasteiger partial charge in [-0.25, -0.2) is 0 Å². The number of benzene rings is 1.